The van der Waals surface area contributed by atoms with Gasteiger partial charge in [-0.05, 0) is 60.6 Å². The molecular weight excluding hydrogens is 356 g/mol. The number of hydrogen-bond acceptors (Lipinski definition) is 4. The van der Waals surface area contributed by atoms with Crippen LogP contribution in [0.3, 0.4) is 0 Å². The molecule has 28 heavy (non-hydrogen) atoms. The summed E-state index contributed by atoms with van der Waals surface area (Å²) in [5.41, 5.74) is 2.23. The Morgan fingerprint density at radius 1 is 1.11 bits per heavy atom. The maximum absolute atomic E-state index is 12.4. The lowest BCUT2D eigenvalue weighted by molar-refractivity contribution is 0.171. The van der Waals surface area contributed by atoms with Crippen molar-refractivity contribution in [3.63, 3.8) is 0 Å². The molecular formula is C22H26N2O4. The highest BCUT2D eigenvalue weighted by Crippen LogP contribution is 2.43. The van der Waals surface area contributed by atoms with Crippen LogP contribution in [-0.4, -0.2) is 32.9 Å². The summed E-state index contributed by atoms with van der Waals surface area (Å²) in [5, 5.41) is 6.11. The van der Waals surface area contributed by atoms with Gasteiger partial charge in [-0.3, -0.25) is 0 Å². The molecule has 2 N–H and O–H groups in total. The van der Waals surface area contributed by atoms with E-state index in [2.05, 4.69) is 10.6 Å². The van der Waals surface area contributed by atoms with Crippen LogP contribution >= 0.6 is 0 Å². The number of fused-ring (bicyclic) bond motifs is 1. The molecule has 0 spiro atoms. The first kappa shape index (κ1) is 18.5. The number of ether oxygens (including phenoxy) is 3. The van der Waals surface area contributed by atoms with Gasteiger partial charge < -0.3 is 24.8 Å². The average Bonchev–Trinajstić information content (AvgIpc) is 3.57. The van der Waals surface area contributed by atoms with E-state index in [9.17, 15) is 4.79 Å². The largest absolute Gasteiger partial charge is 0.497 e. The Kier molecular flexibility index (Phi) is 5.55. The minimum atomic E-state index is -0.139. The number of methoxy groups -OCH3 is 1. The fourth-order valence-corrected chi connectivity index (χ4v) is 3.46. The van der Waals surface area contributed by atoms with E-state index in [-0.39, 0.29) is 12.1 Å². The number of nitrogens with one attached hydrogen (secondary N) is 2. The zero-order valence-electron chi connectivity index (χ0n) is 16.1. The van der Waals surface area contributed by atoms with Crippen molar-refractivity contribution in [3.8, 4) is 17.2 Å². The fourth-order valence-electron chi connectivity index (χ4n) is 3.46. The lowest BCUT2D eigenvalue weighted by atomic mass is 10.0. The predicted molar refractivity (Wildman–Crippen MR) is 106 cm³/mol. The molecule has 148 valence electrons. The van der Waals surface area contributed by atoms with Gasteiger partial charge in [0.2, 0.25) is 0 Å². The minimum absolute atomic E-state index is 0.00295. The number of carbonyl (C=O) groups excluding carboxylic acids is 1. The Bertz CT molecular complexity index is 818. The third-order valence-electron chi connectivity index (χ3n) is 5.16. The predicted octanol–water partition coefficient (Wildman–Crippen LogP) is 3.46. The SMILES string of the molecule is COc1ccc(CCNC(=O)NC(c2ccc3c(c2)OCCO3)C2CC2)cc1. The van der Waals surface area contributed by atoms with E-state index in [4.69, 9.17) is 14.2 Å². The molecule has 1 aliphatic carbocycles. The number of benzene rings is 2. The van der Waals surface area contributed by atoms with Crippen LogP contribution in [0.5, 0.6) is 17.2 Å². The van der Waals surface area contributed by atoms with E-state index in [1.807, 2.05) is 42.5 Å². The molecule has 1 fully saturated rings. The quantitative estimate of drug-likeness (QED) is 0.770. The van der Waals surface area contributed by atoms with Gasteiger partial charge in [-0.15, -0.1) is 0 Å². The monoisotopic (exact) mass is 382 g/mol. The second-order valence-electron chi connectivity index (χ2n) is 7.22. The molecule has 2 aliphatic rings. The molecule has 1 heterocycles. The Labute approximate surface area is 165 Å². The molecule has 1 atom stereocenters. The average molecular weight is 382 g/mol. The first-order chi connectivity index (χ1) is 13.7. The first-order valence-electron chi connectivity index (χ1n) is 9.80. The van der Waals surface area contributed by atoms with Gasteiger partial charge in [0.25, 0.3) is 0 Å². The van der Waals surface area contributed by atoms with E-state index in [1.165, 1.54) is 0 Å². The molecule has 1 saturated carbocycles. The lowest BCUT2D eigenvalue weighted by Crippen LogP contribution is -2.39. The van der Waals surface area contributed by atoms with Gasteiger partial charge in [0.05, 0.1) is 13.2 Å². The molecule has 2 amide bonds. The molecule has 0 radical (unpaired) electrons. The maximum atomic E-state index is 12.4. The molecule has 2 aromatic rings. The molecule has 1 unspecified atom stereocenters. The number of carbonyl (C=O) groups is 1. The molecule has 0 aromatic heterocycles. The second-order valence-corrected chi connectivity index (χ2v) is 7.22. The van der Waals surface area contributed by atoms with Crippen LogP contribution in [0.2, 0.25) is 0 Å². The summed E-state index contributed by atoms with van der Waals surface area (Å²) in [6.45, 7) is 1.72. The van der Waals surface area contributed by atoms with Crippen molar-refractivity contribution in [1.29, 1.82) is 0 Å². The van der Waals surface area contributed by atoms with Crippen LogP contribution in [0, 0.1) is 5.92 Å². The van der Waals surface area contributed by atoms with Crippen molar-refractivity contribution in [3.05, 3.63) is 53.6 Å². The zero-order valence-corrected chi connectivity index (χ0v) is 16.1. The van der Waals surface area contributed by atoms with Crippen LogP contribution < -0.4 is 24.8 Å². The Balaban J connectivity index is 1.32. The zero-order chi connectivity index (χ0) is 19.3. The van der Waals surface area contributed by atoms with Gasteiger partial charge in [-0.1, -0.05) is 18.2 Å². The van der Waals surface area contributed by atoms with Crippen LogP contribution in [0.1, 0.15) is 30.0 Å². The molecule has 2 aromatic carbocycles. The van der Waals surface area contributed by atoms with Crippen molar-refractivity contribution in [2.75, 3.05) is 26.9 Å². The summed E-state index contributed by atoms with van der Waals surface area (Å²) in [6.07, 6.45) is 3.03. The minimum Gasteiger partial charge on any atom is -0.497 e. The van der Waals surface area contributed by atoms with Crippen LogP contribution in [0.25, 0.3) is 0 Å². The van der Waals surface area contributed by atoms with Crippen molar-refractivity contribution >= 4 is 6.03 Å². The van der Waals surface area contributed by atoms with Gasteiger partial charge in [0.15, 0.2) is 11.5 Å². The lowest BCUT2D eigenvalue weighted by Gasteiger charge is -2.23. The van der Waals surface area contributed by atoms with Crippen molar-refractivity contribution in [2.45, 2.75) is 25.3 Å². The maximum Gasteiger partial charge on any atom is 0.315 e. The fraction of sp³-hybridized carbons (Fsp3) is 0.409. The highest BCUT2D eigenvalue weighted by atomic mass is 16.6. The third-order valence-corrected chi connectivity index (χ3v) is 5.16. The summed E-state index contributed by atoms with van der Waals surface area (Å²) < 4.78 is 16.4. The van der Waals surface area contributed by atoms with Gasteiger partial charge in [-0.25, -0.2) is 4.79 Å². The van der Waals surface area contributed by atoms with E-state index in [0.717, 1.165) is 47.6 Å². The summed E-state index contributed by atoms with van der Waals surface area (Å²) in [7, 11) is 1.65. The van der Waals surface area contributed by atoms with E-state index < -0.39 is 0 Å². The van der Waals surface area contributed by atoms with Gasteiger partial charge in [-0.2, -0.15) is 0 Å². The summed E-state index contributed by atoms with van der Waals surface area (Å²) in [6, 6.07) is 13.7. The van der Waals surface area contributed by atoms with Gasteiger partial charge in [0.1, 0.15) is 19.0 Å². The van der Waals surface area contributed by atoms with E-state index in [1.54, 1.807) is 7.11 Å². The van der Waals surface area contributed by atoms with Crippen molar-refractivity contribution in [2.24, 2.45) is 5.92 Å². The molecule has 0 bridgehead atoms. The third kappa shape index (κ3) is 4.50. The normalized spacial score (nSPS) is 16.2. The van der Waals surface area contributed by atoms with E-state index in [0.29, 0.717) is 25.7 Å². The van der Waals surface area contributed by atoms with Gasteiger partial charge >= 0.3 is 6.03 Å². The Morgan fingerprint density at radius 2 is 1.86 bits per heavy atom. The topological polar surface area (TPSA) is 68.8 Å². The Hall–Kier alpha value is -2.89. The van der Waals surface area contributed by atoms with Gasteiger partial charge in [0, 0.05) is 6.54 Å². The standard InChI is InChI=1S/C22H26N2O4/c1-26-18-7-2-15(3-8-18)10-11-23-22(25)24-21(16-4-5-16)17-6-9-19-20(14-17)28-13-12-27-19/h2-3,6-9,14,16,21H,4-5,10-13H2,1H3,(H2,23,24,25). The van der Waals surface area contributed by atoms with E-state index >= 15 is 0 Å². The second kappa shape index (κ2) is 8.42. The van der Waals surface area contributed by atoms with Crippen LogP contribution in [-0.2, 0) is 6.42 Å². The summed E-state index contributed by atoms with van der Waals surface area (Å²) in [4.78, 5) is 12.4. The number of hydrogen-bond donors (Lipinski definition) is 2. The van der Waals surface area contributed by atoms with Crippen LogP contribution in [0.4, 0.5) is 4.79 Å². The highest BCUT2D eigenvalue weighted by molar-refractivity contribution is 5.74. The number of rotatable bonds is 7. The summed E-state index contributed by atoms with van der Waals surface area (Å²) in [5.74, 6) is 2.85. The smallest absolute Gasteiger partial charge is 0.315 e. The Morgan fingerprint density at radius 3 is 2.57 bits per heavy atom. The van der Waals surface area contributed by atoms with Crippen molar-refractivity contribution < 1.29 is 19.0 Å². The highest BCUT2D eigenvalue weighted by Gasteiger charge is 2.34. The molecule has 1 aliphatic heterocycles. The molecule has 6 heteroatoms. The molecule has 4 rings (SSSR count). The molecule has 0 saturated heterocycles. The van der Waals surface area contributed by atoms with Crippen molar-refractivity contribution in [1.82, 2.24) is 10.6 Å². The van der Waals surface area contributed by atoms with Crippen LogP contribution in [0.15, 0.2) is 42.5 Å². The first-order valence-corrected chi connectivity index (χ1v) is 9.80. The number of urea groups is 1. The summed E-state index contributed by atoms with van der Waals surface area (Å²) >= 11 is 0. The molecule has 6 nitrogen and oxygen atoms in total. The number of amides is 2.